The number of pyridine rings is 1. The zero-order chi connectivity index (χ0) is 13.7. The molecular weight excluding hydrogens is 242 g/mol. The highest BCUT2D eigenvalue weighted by Gasteiger charge is 2.00. The van der Waals surface area contributed by atoms with Crippen molar-refractivity contribution in [1.82, 2.24) is 4.98 Å². The van der Waals surface area contributed by atoms with Gasteiger partial charge in [-0.3, -0.25) is 9.78 Å². The van der Waals surface area contributed by atoms with Gasteiger partial charge in [-0.1, -0.05) is 30.3 Å². The van der Waals surface area contributed by atoms with Crippen LogP contribution in [0.1, 0.15) is 26.3 Å². The fraction of sp³-hybridized carbons (Fsp3) is 0. The zero-order valence-corrected chi connectivity index (χ0v) is 9.95. The van der Waals surface area contributed by atoms with E-state index in [9.17, 15) is 14.7 Å². The molecule has 0 saturated carbocycles. The van der Waals surface area contributed by atoms with Crippen LogP contribution in [0.4, 0.5) is 0 Å². The van der Waals surface area contributed by atoms with Gasteiger partial charge in [0.15, 0.2) is 5.78 Å². The first kappa shape index (κ1) is 12.7. The molecule has 0 fully saturated rings. The molecule has 2 aromatic rings. The first-order valence-corrected chi connectivity index (χ1v) is 5.60. The summed E-state index contributed by atoms with van der Waals surface area (Å²) in [6, 6.07) is 9.46. The molecule has 0 saturated heterocycles. The molecule has 1 aromatic carbocycles. The number of nitrogens with zero attached hydrogens (tertiary/aromatic N) is 1. The summed E-state index contributed by atoms with van der Waals surface area (Å²) in [4.78, 5) is 26.2. The summed E-state index contributed by atoms with van der Waals surface area (Å²) in [5, 5.41) is 10.6. The lowest BCUT2D eigenvalue weighted by Crippen LogP contribution is -2.21. The van der Waals surface area contributed by atoms with Gasteiger partial charge < -0.3 is 9.90 Å². The number of carboxylic acid groups (broad SMARTS) is 1. The van der Waals surface area contributed by atoms with Crippen molar-refractivity contribution < 1.29 is 14.7 Å². The maximum absolute atomic E-state index is 11.8. The molecule has 19 heavy (non-hydrogen) atoms. The Bertz CT molecular complexity index is 616. The molecule has 0 aliphatic carbocycles. The van der Waals surface area contributed by atoms with Crippen LogP contribution in [0.3, 0.4) is 0 Å². The minimum Gasteiger partial charge on any atom is -0.545 e. The van der Waals surface area contributed by atoms with Crippen molar-refractivity contribution in [2.24, 2.45) is 0 Å². The first-order valence-electron chi connectivity index (χ1n) is 5.60. The summed E-state index contributed by atoms with van der Waals surface area (Å²) in [5.41, 5.74) is 1.35. The first-order chi connectivity index (χ1) is 9.16. The number of ketones is 1. The van der Waals surface area contributed by atoms with Crippen molar-refractivity contribution in [3.63, 3.8) is 0 Å². The van der Waals surface area contributed by atoms with Crippen molar-refractivity contribution in [2.75, 3.05) is 0 Å². The maximum atomic E-state index is 11.8. The largest absolute Gasteiger partial charge is 0.545 e. The van der Waals surface area contributed by atoms with Crippen LogP contribution in [0.15, 0.2) is 54.9 Å². The molecule has 0 aliphatic heterocycles. The Labute approximate surface area is 110 Å². The molecule has 94 valence electrons. The van der Waals surface area contributed by atoms with Crippen molar-refractivity contribution in [2.45, 2.75) is 0 Å². The molecule has 1 heterocycles. The Balaban J connectivity index is 2.10. The fourth-order valence-corrected chi connectivity index (χ4v) is 1.51. The van der Waals surface area contributed by atoms with Crippen LogP contribution in [-0.4, -0.2) is 16.7 Å². The quantitative estimate of drug-likeness (QED) is 0.608. The van der Waals surface area contributed by atoms with Crippen molar-refractivity contribution in [1.29, 1.82) is 0 Å². The van der Waals surface area contributed by atoms with E-state index in [0.29, 0.717) is 5.56 Å². The number of rotatable bonds is 4. The van der Waals surface area contributed by atoms with Crippen molar-refractivity contribution in [3.8, 4) is 0 Å². The van der Waals surface area contributed by atoms with Gasteiger partial charge in [-0.25, -0.2) is 0 Å². The van der Waals surface area contributed by atoms with E-state index in [2.05, 4.69) is 4.98 Å². The number of hydrogen-bond acceptors (Lipinski definition) is 4. The van der Waals surface area contributed by atoms with Crippen LogP contribution < -0.4 is 5.11 Å². The standard InChI is InChI=1S/C15H11NO3/c17-14(13-2-1-9-16-10-13)8-5-11-3-6-12(7-4-11)15(18)19/h1-10H,(H,18,19)/p-1/b8-5+. The number of hydrogen-bond donors (Lipinski definition) is 0. The molecule has 0 bridgehead atoms. The predicted molar refractivity (Wildman–Crippen MR) is 68.4 cm³/mol. The van der Waals surface area contributed by atoms with E-state index in [1.54, 1.807) is 36.5 Å². The van der Waals surface area contributed by atoms with Crippen LogP contribution in [0.5, 0.6) is 0 Å². The lowest BCUT2D eigenvalue weighted by Gasteiger charge is -2.01. The number of carbonyl (C=O) groups is 2. The average Bonchev–Trinajstić information content (AvgIpc) is 2.46. The monoisotopic (exact) mass is 252 g/mol. The third-order valence-electron chi connectivity index (χ3n) is 2.52. The van der Waals surface area contributed by atoms with E-state index in [1.165, 1.54) is 24.4 Å². The van der Waals surface area contributed by atoms with Gasteiger partial charge in [-0.15, -0.1) is 0 Å². The summed E-state index contributed by atoms with van der Waals surface area (Å²) < 4.78 is 0. The Kier molecular flexibility index (Phi) is 3.83. The third-order valence-corrected chi connectivity index (χ3v) is 2.52. The Morgan fingerprint density at radius 3 is 2.37 bits per heavy atom. The lowest BCUT2D eigenvalue weighted by molar-refractivity contribution is -0.255. The zero-order valence-electron chi connectivity index (χ0n) is 9.95. The number of aromatic nitrogens is 1. The normalized spacial score (nSPS) is 10.5. The van der Waals surface area contributed by atoms with E-state index in [-0.39, 0.29) is 11.3 Å². The minimum atomic E-state index is -1.22. The average molecular weight is 252 g/mol. The van der Waals surface area contributed by atoms with Crippen LogP contribution in [0.25, 0.3) is 6.08 Å². The van der Waals surface area contributed by atoms with E-state index >= 15 is 0 Å². The molecule has 0 N–H and O–H groups in total. The molecule has 0 aliphatic rings. The maximum Gasteiger partial charge on any atom is 0.187 e. The Morgan fingerprint density at radius 2 is 1.79 bits per heavy atom. The van der Waals surface area contributed by atoms with Gasteiger partial charge in [0.2, 0.25) is 0 Å². The van der Waals surface area contributed by atoms with Crippen LogP contribution in [0.2, 0.25) is 0 Å². The van der Waals surface area contributed by atoms with Gasteiger partial charge in [-0.05, 0) is 29.3 Å². The second kappa shape index (κ2) is 5.73. The SMILES string of the molecule is O=C([O-])c1ccc(/C=C/C(=O)c2cccnc2)cc1. The molecule has 4 nitrogen and oxygen atoms in total. The van der Waals surface area contributed by atoms with Crippen molar-refractivity contribution in [3.05, 3.63) is 71.6 Å². The predicted octanol–water partition coefficient (Wildman–Crippen LogP) is 1.34. The van der Waals surface area contributed by atoms with Crippen LogP contribution >= 0.6 is 0 Å². The Hall–Kier alpha value is -2.75. The highest BCUT2D eigenvalue weighted by atomic mass is 16.4. The summed E-state index contributed by atoms with van der Waals surface area (Å²) in [6.45, 7) is 0. The summed E-state index contributed by atoms with van der Waals surface area (Å²) >= 11 is 0. The van der Waals surface area contributed by atoms with E-state index in [1.807, 2.05) is 0 Å². The smallest absolute Gasteiger partial charge is 0.187 e. The molecule has 0 unspecified atom stereocenters. The van der Waals surface area contributed by atoms with Gasteiger partial charge in [0, 0.05) is 18.0 Å². The summed E-state index contributed by atoms with van der Waals surface area (Å²) in [7, 11) is 0. The third kappa shape index (κ3) is 3.35. The molecule has 0 amide bonds. The van der Waals surface area contributed by atoms with Gasteiger partial charge in [0.05, 0.1) is 5.97 Å². The molecule has 2 rings (SSSR count). The van der Waals surface area contributed by atoms with Crippen LogP contribution in [-0.2, 0) is 0 Å². The highest BCUT2D eigenvalue weighted by molar-refractivity contribution is 6.06. The number of carboxylic acids is 1. The minimum absolute atomic E-state index is 0.107. The Morgan fingerprint density at radius 1 is 1.05 bits per heavy atom. The second-order valence-corrected chi connectivity index (χ2v) is 3.85. The second-order valence-electron chi connectivity index (χ2n) is 3.85. The molecule has 0 spiro atoms. The molecule has 0 radical (unpaired) electrons. The van der Waals surface area contributed by atoms with Gasteiger partial charge >= 0.3 is 0 Å². The van der Waals surface area contributed by atoms with Gasteiger partial charge in [-0.2, -0.15) is 0 Å². The molecule has 0 atom stereocenters. The van der Waals surface area contributed by atoms with E-state index < -0.39 is 5.97 Å². The molecule has 1 aromatic heterocycles. The fourth-order valence-electron chi connectivity index (χ4n) is 1.51. The highest BCUT2D eigenvalue weighted by Crippen LogP contribution is 2.07. The van der Waals surface area contributed by atoms with E-state index in [0.717, 1.165) is 5.56 Å². The van der Waals surface area contributed by atoms with Gasteiger partial charge in [0.25, 0.3) is 0 Å². The van der Waals surface area contributed by atoms with Gasteiger partial charge in [0.1, 0.15) is 0 Å². The summed E-state index contributed by atoms with van der Waals surface area (Å²) in [6.07, 6.45) is 6.13. The summed E-state index contributed by atoms with van der Waals surface area (Å²) in [5.74, 6) is -1.38. The number of carbonyl (C=O) groups excluding carboxylic acids is 2. The lowest BCUT2D eigenvalue weighted by atomic mass is 10.1. The van der Waals surface area contributed by atoms with E-state index in [4.69, 9.17) is 0 Å². The van der Waals surface area contributed by atoms with Crippen molar-refractivity contribution >= 4 is 17.8 Å². The number of benzene rings is 1. The number of aromatic carboxylic acids is 1. The number of allylic oxidation sites excluding steroid dienone is 1. The molecular formula is C15H10NO3-. The van der Waals surface area contributed by atoms with Crippen LogP contribution in [0, 0.1) is 0 Å². The topological polar surface area (TPSA) is 70.1 Å². The molecule has 4 heteroatoms.